The maximum absolute atomic E-state index is 5.87. The van der Waals surface area contributed by atoms with Crippen molar-refractivity contribution in [2.45, 2.75) is 13.1 Å². The van der Waals surface area contributed by atoms with Gasteiger partial charge in [-0.2, -0.15) is 0 Å². The van der Waals surface area contributed by atoms with Crippen LogP contribution < -0.4 is 10.6 Å². The van der Waals surface area contributed by atoms with Gasteiger partial charge in [0.05, 0.1) is 23.4 Å². The van der Waals surface area contributed by atoms with Crippen molar-refractivity contribution in [2.75, 3.05) is 11.9 Å². The van der Waals surface area contributed by atoms with Crippen LogP contribution in [0.2, 0.25) is 0 Å². The number of aromatic nitrogens is 3. The predicted octanol–water partition coefficient (Wildman–Crippen LogP) is 1.89. The Labute approximate surface area is 115 Å². The van der Waals surface area contributed by atoms with E-state index >= 15 is 0 Å². The van der Waals surface area contributed by atoms with E-state index in [0.717, 1.165) is 29.4 Å². The van der Waals surface area contributed by atoms with E-state index in [1.165, 1.54) is 0 Å². The minimum atomic E-state index is 0.460. The van der Waals surface area contributed by atoms with Gasteiger partial charge in [0, 0.05) is 25.2 Å². The van der Waals surface area contributed by atoms with Gasteiger partial charge in [0.2, 0.25) is 0 Å². The largest absolute Gasteiger partial charge is 0.352 e. The van der Waals surface area contributed by atoms with E-state index in [4.69, 9.17) is 5.73 Å². The zero-order chi connectivity index (χ0) is 13.2. The quantitative estimate of drug-likeness (QED) is 0.788. The summed E-state index contributed by atoms with van der Waals surface area (Å²) < 4.78 is 2.03. The number of hydrogen-bond acceptors (Lipinski definition) is 5. The third-order valence-corrected chi connectivity index (χ3v) is 3.68. The van der Waals surface area contributed by atoms with Crippen molar-refractivity contribution < 1.29 is 0 Å². The van der Waals surface area contributed by atoms with Gasteiger partial charge in [0.15, 0.2) is 5.82 Å². The molecule has 0 fully saturated rings. The summed E-state index contributed by atoms with van der Waals surface area (Å²) in [6.07, 6.45) is 1.99. The van der Waals surface area contributed by atoms with Gasteiger partial charge in [-0.1, -0.05) is 6.07 Å². The molecule has 2 N–H and O–H groups in total. The number of nitrogens with two attached hydrogens (primary N) is 1. The third-order valence-electron chi connectivity index (χ3n) is 3.05. The Morgan fingerprint density at radius 3 is 3.05 bits per heavy atom. The molecule has 0 unspecified atom stereocenters. The molecule has 19 heavy (non-hydrogen) atoms. The van der Waals surface area contributed by atoms with Crippen LogP contribution in [0.15, 0.2) is 35.3 Å². The lowest BCUT2D eigenvalue weighted by Gasteiger charge is -2.16. The average Bonchev–Trinajstić information content (AvgIpc) is 3.04. The summed E-state index contributed by atoms with van der Waals surface area (Å²) in [5.74, 6) is 0.918. The van der Waals surface area contributed by atoms with Gasteiger partial charge in [-0.15, -0.1) is 11.3 Å². The summed E-state index contributed by atoms with van der Waals surface area (Å²) in [7, 11) is 2.01. The highest BCUT2D eigenvalue weighted by Gasteiger charge is 2.14. The number of nitrogens with zero attached hydrogens (tertiary/aromatic N) is 4. The van der Waals surface area contributed by atoms with E-state index in [2.05, 4.69) is 20.2 Å². The maximum atomic E-state index is 5.87. The fourth-order valence-corrected chi connectivity index (χ4v) is 2.71. The number of thiazole rings is 1. The highest BCUT2D eigenvalue weighted by Crippen LogP contribution is 2.21. The lowest BCUT2D eigenvalue weighted by atomic mass is 10.3. The zero-order valence-electron chi connectivity index (χ0n) is 10.7. The summed E-state index contributed by atoms with van der Waals surface area (Å²) in [5, 5.41) is 2.05. The first-order chi connectivity index (χ1) is 9.29. The maximum Gasteiger partial charge on any atom is 0.152 e. The summed E-state index contributed by atoms with van der Waals surface area (Å²) in [5.41, 5.74) is 10.7. The van der Waals surface area contributed by atoms with Crippen molar-refractivity contribution >= 4 is 22.8 Å². The SMILES string of the molecule is CN(Cc1cscn1)c1nc2ccccn2c1CN. The number of imidazole rings is 1. The molecule has 5 nitrogen and oxygen atoms in total. The van der Waals surface area contributed by atoms with Crippen LogP contribution in [0.1, 0.15) is 11.4 Å². The monoisotopic (exact) mass is 273 g/mol. The van der Waals surface area contributed by atoms with Gasteiger partial charge in [0.25, 0.3) is 0 Å². The van der Waals surface area contributed by atoms with Crippen LogP contribution in [0.3, 0.4) is 0 Å². The Kier molecular flexibility index (Phi) is 3.18. The Morgan fingerprint density at radius 2 is 2.32 bits per heavy atom. The smallest absolute Gasteiger partial charge is 0.152 e. The van der Waals surface area contributed by atoms with Gasteiger partial charge < -0.3 is 15.0 Å². The summed E-state index contributed by atoms with van der Waals surface area (Å²) in [6.45, 7) is 1.20. The van der Waals surface area contributed by atoms with Crippen molar-refractivity contribution in [2.24, 2.45) is 5.73 Å². The highest BCUT2D eigenvalue weighted by molar-refractivity contribution is 7.07. The minimum Gasteiger partial charge on any atom is -0.352 e. The first kappa shape index (κ1) is 12.1. The molecule has 0 saturated heterocycles. The fraction of sp³-hybridized carbons (Fsp3) is 0.231. The van der Waals surface area contributed by atoms with E-state index in [1.807, 2.05) is 41.4 Å². The first-order valence-corrected chi connectivity index (χ1v) is 6.98. The van der Waals surface area contributed by atoms with Crippen molar-refractivity contribution in [3.05, 3.63) is 46.7 Å². The molecule has 0 radical (unpaired) electrons. The molecule has 0 atom stereocenters. The van der Waals surface area contributed by atoms with Gasteiger partial charge in [-0.25, -0.2) is 9.97 Å². The van der Waals surface area contributed by atoms with Crippen LogP contribution in [0.5, 0.6) is 0 Å². The molecule has 0 saturated carbocycles. The predicted molar refractivity (Wildman–Crippen MR) is 77.3 cm³/mol. The highest BCUT2D eigenvalue weighted by atomic mass is 32.1. The van der Waals surface area contributed by atoms with Crippen LogP contribution in [-0.4, -0.2) is 21.4 Å². The number of anilines is 1. The van der Waals surface area contributed by atoms with Crippen molar-refractivity contribution in [3.63, 3.8) is 0 Å². The molecule has 3 aromatic heterocycles. The van der Waals surface area contributed by atoms with E-state index in [9.17, 15) is 0 Å². The molecule has 3 aromatic rings. The van der Waals surface area contributed by atoms with Crippen LogP contribution in [0.4, 0.5) is 5.82 Å². The second-order valence-corrected chi connectivity index (χ2v) is 5.07. The topological polar surface area (TPSA) is 59.5 Å². The second kappa shape index (κ2) is 4.99. The minimum absolute atomic E-state index is 0.460. The van der Waals surface area contributed by atoms with Crippen molar-refractivity contribution in [1.29, 1.82) is 0 Å². The Balaban J connectivity index is 1.99. The van der Waals surface area contributed by atoms with Crippen LogP contribution in [0.25, 0.3) is 5.65 Å². The van der Waals surface area contributed by atoms with Crippen LogP contribution in [-0.2, 0) is 13.1 Å². The molecule has 0 aromatic carbocycles. The Bertz CT molecular complexity index is 673. The van der Waals surface area contributed by atoms with Crippen LogP contribution >= 0.6 is 11.3 Å². The summed E-state index contributed by atoms with van der Waals surface area (Å²) in [6, 6.07) is 5.95. The molecule has 0 aliphatic rings. The van der Waals surface area contributed by atoms with Gasteiger partial charge >= 0.3 is 0 Å². The summed E-state index contributed by atoms with van der Waals surface area (Å²) >= 11 is 1.60. The fourth-order valence-electron chi connectivity index (χ4n) is 2.16. The number of rotatable bonds is 4. The van der Waals surface area contributed by atoms with E-state index in [0.29, 0.717) is 6.54 Å². The zero-order valence-corrected chi connectivity index (χ0v) is 11.5. The molecular formula is C13H15N5S. The molecule has 0 amide bonds. The Hall–Kier alpha value is -1.92. The summed E-state index contributed by atoms with van der Waals surface area (Å²) in [4.78, 5) is 11.0. The first-order valence-electron chi connectivity index (χ1n) is 6.04. The number of fused-ring (bicyclic) bond motifs is 1. The molecule has 3 rings (SSSR count). The Morgan fingerprint density at radius 1 is 1.42 bits per heavy atom. The number of pyridine rings is 1. The molecule has 98 valence electrons. The van der Waals surface area contributed by atoms with Gasteiger partial charge in [-0.05, 0) is 12.1 Å². The van der Waals surface area contributed by atoms with Crippen LogP contribution in [0, 0.1) is 0 Å². The molecule has 0 aliphatic carbocycles. The van der Waals surface area contributed by atoms with Crippen molar-refractivity contribution in [3.8, 4) is 0 Å². The normalized spacial score (nSPS) is 11.1. The lowest BCUT2D eigenvalue weighted by molar-refractivity contribution is 0.856. The molecule has 0 bridgehead atoms. The van der Waals surface area contributed by atoms with Gasteiger partial charge in [0.1, 0.15) is 5.65 Å². The van der Waals surface area contributed by atoms with E-state index in [1.54, 1.807) is 11.3 Å². The average molecular weight is 273 g/mol. The van der Waals surface area contributed by atoms with E-state index < -0.39 is 0 Å². The molecule has 0 spiro atoms. The number of hydrogen-bond donors (Lipinski definition) is 1. The molecule has 3 heterocycles. The molecule has 6 heteroatoms. The lowest BCUT2D eigenvalue weighted by Crippen LogP contribution is -2.19. The second-order valence-electron chi connectivity index (χ2n) is 4.35. The third kappa shape index (κ3) is 2.20. The van der Waals surface area contributed by atoms with Gasteiger partial charge in [-0.3, -0.25) is 0 Å². The molecule has 0 aliphatic heterocycles. The van der Waals surface area contributed by atoms with Crippen molar-refractivity contribution in [1.82, 2.24) is 14.4 Å². The standard InChI is InChI=1S/C13H15N5S/c1-17(7-10-8-19-9-15-10)13-11(6-14)18-5-3-2-4-12(18)16-13/h2-5,8-9H,6-7,14H2,1H3. The van der Waals surface area contributed by atoms with E-state index in [-0.39, 0.29) is 0 Å². The molecular weight excluding hydrogens is 258 g/mol.